The predicted octanol–water partition coefficient (Wildman–Crippen LogP) is 2.05. The molecular weight excluding hydrogens is 285 g/mol. The van der Waals surface area contributed by atoms with E-state index >= 15 is 0 Å². The molecule has 22 heavy (non-hydrogen) atoms. The van der Waals surface area contributed by atoms with Gasteiger partial charge in [-0.05, 0) is 30.0 Å². The molecule has 1 heterocycles. The average molecular weight is 307 g/mol. The molecule has 2 N–H and O–H groups in total. The minimum atomic E-state index is -0.714. The second kappa shape index (κ2) is 7.24. The zero-order valence-electron chi connectivity index (χ0n) is 12.9. The molecule has 0 bridgehead atoms. The molecule has 0 saturated carbocycles. The molecule has 1 saturated heterocycles. The second-order valence-electron chi connectivity index (χ2n) is 5.85. The van der Waals surface area contributed by atoms with Gasteiger partial charge in [-0.2, -0.15) is 0 Å². The van der Waals surface area contributed by atoms with Crippen LogP contribution in [0.25, 0.3) is 0 Å². The lowest BCUT2D eigenvalue weighted by Crippen LogP contribution is -2.54. The van der Waals surface area contributed by atoms with Crippen LogP contribution < -0.4 is 10.6 Å². The van der Waals surface area contributed by atoms with Crippen LogP contribution in [0, 0.1) is 11.7 Å². The Balaban J connectivity index is 2.11. The predicted molar refractivity (Wildman–Crippen MR) is 81.7 cm³/mol. The third-order valence-electron chi connectivity index (χ3n) is 3.66. The zero-order valence-corrected chi connectivity index (χ0v) is 12.9. The van der Waals surface area contributed by atoms with Gasteiger partial charge in [0.1, 0.15) is 11.9 Å². The molecule has 2 rings (SSSR count). The number of halogens is 1. The van der Waals surface area contributed by atoms with E-state index in [4.69, 9.17) is 0 Å². The highest BCUT2D eigenvalue weighted by Crippen LogP contribution is 2.23. The van der Waals surface area contributed by atoms with Gasteiger partial charge in [-0.25, -0.2) is 9.18 Å². The number of hydrogen-bond acceptors (Lipinski definition) is 2. The molecule has 1 aliphatic rings. The van der Waals surface area contributed by atoms with E-state index in [9.17, 15) is 14.0 Å². The Morgan fingerprint density at radius 3 is 2.73 bits per heavy atom. The van der Waals surface area contributed by atoms with Gasteiger partial charge in [-0.1, -0.05) is 26.0 Å². The third-order valence-corrected chi connectivity index (χ3v) is 3.66. The molecule has 1 atom stereocenters. The van der Waals surface area contributed by atoms with E-state index < -0.39 is 6.04 Å². The summed E-state index contributed by atoms with van der Waals surface area (Å²) in [4.78, 5) is 26.0. The molecule has 1 aromatic carbocycles. The van der Waals surface area contributed by atoms with Crippen LogP contribution in [0.3, 0.4) is 0 Å². The third kappa shape index (κ3) is 3.96. The molecule has 0 radical (unpaired) electrons. The summed E-state index contributed by atoms with van der Waals surface area (Å²) in [6.07, 6.45) is 0.882. The number of amides is 3. The molecule has 1 aromatic rings. The van der Waals surface area contributed by atoms with E-state index in [2.05, 4.69) is 24.5 Å². The molecule has 0 aromatic heterocycles. The Bertz CT molecular complexity index is 531. The molecule has 6 heteroatoms. The van der Waals surface area contributed by atoms with Gasteiger partial charge in [-0.15, -0.1) is 0 Å². The minimum absolute atomic E-state index is 0.239. The maximum absolute atomic E-state index is 13.1. The van der Waals surface area contributed by atoms with Crippen molar-refractivity contribution in [2.45, 2.75) is 26.3 Å². The van der Waals surface area contributed by atoms with E-state index in [-0.39, 0.29) is 17.8 Å². The first-order valence-electron chi connectivity index (χ1n) is 7.56. The SMILES string of the molecule is CC(C)CCNC(=O)N1CCNC(=O)C1c1ccc(F)cc1. The van der Waals surface area contributed by atoms with Crippen molar-refractivity contribution in [1.29, 1.82) is 0 Å². The molecule has 0 aliphatic carbocycles. The van der Waals surface area contributed by atoms with Crippen LogP contribution in [0.2, 0.25) is 0 Å². The van der Waals surface area contributed by atoms with E-state index in [1.807, 2.05) is 0 Å². The molecule has 1 aliphatic heterocycles. The van der Waals surface area contributed by atoms with Gasteiger partial charge < -0.3 is 15.5 Å². The number of nitrogens with zero attached hydrogens (tertiary/aromatic N) is 1. The summed E-state index contributed by atoms with van der Waals surface area (Å²) in [5.74, 6) is -0.109. The topological polar surface area (TPSA) is 61.4 Å². The van der Waals surface area contributed by atoms with Crippen molar-refractivity contribution in [1.82, 2.24) is 15.5 Å². The quantitative estimate of drug-likeness (QED) is 0.894. The van der Waals surface area contributed by atoms with Gasteiger partial charge >= 0.3 is 6.03 Å². The highest BCUT2D eigenvalue weighted by atomic mass is 19.1. The number of carbonyl (C=O) groups is 2. The Morgan fingerprint density at radius 1 is 1.41 bits per heavy atom. The Hall–Kier alpha value is -2.11. The van der Waals surface area contributed by atoms with Gasteiger partial charge in [0.25, 0.3) is 0 Å². The molecule has 0 spiro atoms. The number of piperazine rings is 1. The summed E-state index contributed by atoms with van der Waals surface area (Å²) in [6.45, 7) is 5.60. The Morgan fingerprint density at radius 2 is 2.09 bits per heavy atom. The number of carbonyl (C=O) groups excluding carboxylic acids is 2. The molecular formula is C16H22FN3O2. The van der Waals surface area contributed by atoms with Crippen LogP contribution in [0.4, 0.5) is 9.18 Å². The number of nitrogens with one attached hydrogen (secondary N) is 2. The summed E-state index contributed by atoms with van der Waals surface area (Å²) in [5, 5.41) is 5.60. The van der Waals surface area contributed by atoms with Crippen LogP contribution in [-0.2, 0) is 4.79 Å². The maximum Gasteiger partial charge on any atom is 0.318 e. The smallest absolute Gasteiger partial charge is 0.318 e. The summed E-state index contributed by atoms with van der Waals surface area (Å²) in [6, 6.07) is 4.70. The van der Waals surface area contributed by atoms with Crippen molar-refractivity contribution in [3.05, 3.63) is 35.6 Å². The van der Waals surface area contributed by atoms with Crippen LogP contribution in [0.5, 0.6) is 0 Å². The summed E-state index contributed by atoms with van der Waals surface area (Å²) in [7, 11) is 0. The maximum atomic E-state index is 13.1. The first kappa shape index (κ1) is 16.3. The van der Waals surface area contributed by atoms with Gasteiger partial charge in [0.2, 0.25) is 5.91 Å². The van der Waals surface area contributed by atoms with Crippen molar-refractivity contribution in [2.75, 3.05) is 19.6 Å². The second-order valence-corrected chi connectivity index (χ2v) is 5.85. The monoisotopic (exact) mass is 307 g/mol. The number of rotatable bonds is 4. The molecule has 1 unspecified atom stereocenters. The van der Waals surface area contributed by atoms with Crippen LogP contribution in [0.15, 0.2) is 24.3 Å². The van der Waals surface area contributed by atoms with Crippen LogP contribution >= 0.6 is 0 Å². The number of benzene rings is 1. The van der Waals surface area contributed by atoms with E-state index in [0.29, 0.717) is 31.1 Å². The van der Waals surface area contributed by atoms with E-state index in [0.717, 1.165) is 6.42 Å². The van der Waals surface area contributed by atoms with Crippen LogP contribution in [-0.4, -0.2) is 36.5 Å². The lowest BCUT2D eigenvalue weighted by molar-refractivity contribution is -0.127. The van der Waals surface area contributed by atoms with Gasteiger partial charge in [0.15, 0.2) is 0 Å². The number of urea groups is 1. The summed E-state index contributed by atoms with van der Waals surface area (Å²) < 4.78 is 13.1. The first-order chi connectivity index (χ1) is 10.5. The van der Waals surface area contributed by atoms with Gasteiger partial charge in [0, 0.05) is 19.6 Å². The van der Waals surface area contributed by atoms with E-state index in [1.54, 1.807) is 12.1 Å². The zero-order chi connectivity index (χ0) is 16.1. The van der Waals surface area contributed by atoms with Crippen molar-refractivity contribution >= 4 is 11.9 Å². The Labute approximate surface area is 129 Å². The standard InChI is InChI=1S/C16H22FN3O2/c1-11(2)7-8-19-16(22)20-10-9-18-15(21)14(20)12-3-5-13(17)6-4-12/h3-6,11,14H,7-10H2,1-2H3,(H,18,21)(H,19,22). The summed E-state index contributed by atoms with van der Waals surface area (Å²) >= 11 is 0. The highest BCUT2D eigenvalue weighted by molar-refractivity contribution is 5.89. The molecule has 5 nitrogen and oxygen atoms in total. The van der Waals surface area contributed by atoms with Crippen molar-refractivity contribution in [3.63, 3.8) is 0 Å². The molecule has 120 valence electrons. The number of hydrogen-bond donors (Lipinski definition) is 2. The fraction of sp³-hybridized carbons (Fsp3) is 0.500. The average Bonchev–Trinajstić information content (AvgIpc) is 2.47. The molecule has 1 fully saturated rings. The lowest BCUT2D eigenvalue weighted by atomic mass is 10.0. The largest absolute Gasteiger partial charge is 0.352 e. The lowest BCUT2D eigenvalue weighted by Gasteiger charge is -2.35. The van der Waals surface area contributed by atoms with Crippen molar-refractivity contribution < 1.29 is 14.0 Å². The highest BCUT2D eigenvalue weighted by Gasteiger charge is 2.34. The van der Waals surface area contributed by atoms with Gasteiger partial charge in [-0.3, -0.25) is 4.79 Å². The fourth-order valence-electron chi connectivity index (χ4n) is 2.43. The van der Waals surface area contributed by atoms with E-state index in [1.165, 1.54) is 17.0 Å². The summed E-state index contributed by atoms with van der Waals surface area (Å²) in [5.41, 5.74) is 0.609. The van der Waals surface area contributed by atoms with Crippen molar-refractivity contribution in [3.8, 4) is 0 Å². The van der Waals surface area contributed by atoms with Crippen molar-refractivity contribution in [2.24, 2.45) is 5.92 Å². The fourth-order valence-corrected chi connectivity index (χ4v) is 2.43. The minimum Gasteiger partial charge on any atom is -0.352 e. The van der Waals surface area contributed by atoms with Crippen LogP contribution in [0.1, 0.15) is 31.9 Å². The molecule has 3 amide bonds. The Kier molecular flexibility index (Phi) is 5.35. The first-order valence-corrected chi connectivity index (χ1v) is 7.56. The normalized spacial score (nSPS) is 18.3. The van der Waals surface area contributed by atoms with Gasteiger partial charge in [0.05, 0.1) is 0 Å².